The maximum absolute atomic E-state index is 12.7. The lowest BCUT2D eigenvalue weighted by molar-refractivity contribution is -0.142. The molecule has 1 amide bonds. The van der Waals surface area contributed by atoms with Crippen molar-refractivity contribution in [3.8, 4) is 5.69 Å². The molecule has 130 valence electrons. The SMILES string of the molecule is Cc1cccc(-n2cc(C(=O)N3C[C@H](C(=O)O)[C@@H](C4CC4)C3)nn2)c1. The van der Waals surface area contributed by atoms with Gasteiger partial charge in [0.25, 0.3) is 5.91 Å². The normalized spacial score (nSPS) is 23.0. The summed E-state index contributed by atoms with van der Waals surface area (Å²) in [5.74, 6) is -1.01. The number of carboxylic acid groups (broad SMARTS) is 1. The molecule has 0 spiro atoms. The van der Waals surface area contributed by atoms with Crippen LogP contribution in [0, 0.1) is 24.7 Å². The molecule has 0 unspecified atom stereocenters. The van der Waals surface area contributed by atoms with Gasteiger partial charge in [-0.15, -0.1) is 5.10 Å². The molecule has 1 aromatic heterocycles. The molecule has 7 nitrogen and oxygen atoms in total. The predicted molar refractivity (Wildman–Crippen MR) is 89.3 cm³/mol. The van der Waals surface area contributed by atoms with Gasteiger partial charge in [0.15, 0.2) is 5.69 Å². The molecule has 1 aliphatic carbocycles. The first-order valence-corrected chi connectivity index (χ1v) is 8.54. The largest absolute Gasteiger partial charge is 0.481 e. The summed E-state index contributed by atoms with van der Waals surface area (Å²) in [4.78, 5) is 25.8. The Bertz CT molecular complexity index is 827. The average molecular weight is 340 g/mol. The minimum atomic E-state index is -0.810. The Morgan fingerprint density at radius 3 is 2.72 bits per heavy atom. The lowest BCUT2D eigenvalue weighted by Gasteiger charge is -2.14. The van der Waals surface area contributed by atoms with Crippen molar-refractivity contribution in [1.29, 1.82) is 0 Å². The highest BCUT2D eigenvalue weighted by Crippen LogP contribution is 2.44. The van der Waals surface area contributed by atoms with Gasteiger partial charge in [-0.25, -0.2) is 4.68 Å². The molecule has 25 heavy (non-hydrogen) atoms. The van der Waals surface area contributed by atoms with E-state index in [0.29, 0.717) is 12.5 Å². The number of aromatic nitrogens is 3. The molecule has 1 N–H and O–H groups in total. The lowest BCUT2D eigenvalue weighted by atomic mass is 9.92. The van der Waals surface area contributed by atoms with Crippen LogP contribution in [0.3, 0.4) is 0 Å². The number of carboxylic acids is 1. The van der Waals surface area contributed by atoms with Crippen molar-refractivity contribution in [3.05, 3.63) is 41.7 Å². The van der Waals surface area contributed by atoms with Crippen LogP contribution in [0.4, 0.5) is 0 Å². The van der Waals surface area contributed by atoms with Crippen LogP contribution in [-0.2, 0) is 4.79 Å². The van der Waals surface area contributed by atoms with Crippen molar-refractivity contribution in [2.24, 2.45) is 17.8 Å². The number of likely N-dealkylation sites (tertiary alicyclic amines) is 1. The van der Waals surface area contributed by atoms with Crippen LogP contribution >= 0.6 is 0 Å². The molecule has 1 saturated heterocycles. The van der Waals surface area contributed by atoms with E-state index < -0.39 is 11.9 Å². The van der Waals surface area contributed by atoms with E-state index in [1.165, 1.54) is 0 Å². The standard InChI is InChI=1S/C18H20N4O3/c1-11-3-2-4-13(7-11)22-10-16(19-20-22)17(23)21-8-14(12-5-6-12)15(9-21)18(24)25/h2-4,7,10,12,14-15H,5-6,8-9H2,1H3,(H,24,25)/t14-,15+/m1/s1. The fourth-order valence-electron chi connectivity index (χ4n) is 3.68. The number of amides is 1. The molecule has 1 saturated carbocycles. The second-order valence-corrected chi connectivity index (χ2v) is 7.04. The molecule has 0 radical (unpaired) electrons. The fraction of sp³-hybridized carbons (Fsp3) is 0.444. The van der Waals surface area contributed by atoms with Gasteiger partial charge in [-0.05, 0) is 49.3 Å². The summed E-state index contributed by atoms with van der Waals surface area (Å²) in [5, 5.41) is 17.5. The number of aliphatic carboxylic acids is 1. The Kier molecular flexibility index (Phi) is 3.78. The molecule has 0 bridgehead atoms. The summed E-state index contributed by atoms with van der Waals surface area (Å²) in [6.07, 6.45) is 3.75. The van der Waals surface area contributed by atoms with E-state index in [1.807, 2.05) is 31.2 Å². The van der Waals surface area contributed by atoms with E-state index in [9.17, 15) is 14.7 Å². The monoisotopic (exact) mass is 340 g/mol. The summed E-state index contributed by atoms with van der Waals surface area (Å²) in [7, 11) is 0. The minimum Gasteiger partial charge on any atom is -0.481 e. The van der Waals surface area contributed by atoms with Gasteiger partial charge >= 0.3 is 5.97 Å². The lowest BCUT2D eigenvalue weighted by Crippen LogP contribution is -2.30. The second-order valence-electron chi connectivity index (χ2n) is 7.04. The van der Waals surface area contributed by atoms with E-state index in [-0.39, 0.29) is 24.1 Å². The predicted octanol–water partition coefficient (Wildman–Crippen LogP) is 1.76. The van der Waals surface area contributed by atoms with Crippen molar-refractivity contribution in [1.82, 2.24) is 19.9 Å². The smallest absolute Gasteiger partial charge is 0.308 e. The number of nitrogens with zero attached hydrogens (tertiary/aromatic N) is 4. The second kappa shape index (κ2) is 5.98. The number of carbonyl (C=O) groups is 2. The Balaban J connectivity index is 1.53. The van der Waals surface area contributed by atoms with E-state index >= 15 is 0 Å². The molecule has 2 atom stereocenters. The molecular formula is C18H20N4O3. The number of aryl methyl sites for hydroxylation is 1. The summed E-state index contributed by atoms with van der Waals surface area (Å²) in [6, 6.07) is 7.77. The van der Waals surface area contributed by atoms with Crippen LogP contribution in [-0.4, -0.2) is 50.0 Å². The third-order valence-corrected chi connectivity index (χ3v) is 5.18. The zero-order valence-corrected chi connectivity index (χ0v) is 14.0. The van der Waals surface area contributed by atoms with Crippen molar-refractivity contribution in [2.45, 2.75) is 19.8 Å². The van der Waals surface area contributed by atoms with Gasteiger partial charge in [0.2, 0.25) is 0 Å². The summed E-state index contributed by atoms with van der Waals surface area (Å²) in [6.45, 7) is 2.74. The van der Waals surface area contributed by atoms with Gasteiger partial charge in [-0.1, -0.05) is 17.3 Å². The highest BCUT2D eigenvalue weighted by molar-refractivity contribution is 5.92. The molecule has 2 heterocycles. The molecule has 2 fully saturated rings. The quantitative estimate of drug-likeness (QED) is 0.916. The number of rotatable bonds is 4. The summed E-state index contributed by atoms with van der Waals surface area (Å²) >= 11 is 0. The summed E-state index contributed by atoms with van der Waals surface area (Å²) < 4.78 is 1.57. The van der Waals surface area contributed by atoms with Crippen LogP contribution in [0.1, 0.15) is 28.9 Å². The summed E-state index contributed by atoms with van der Waals surface area (Å²) in [5.41, 5.74) is 2.19. The average Bonchev–Trinajstić information content (AvgIpc) is 3.14. The number of hydrogen-bond acceptors (Lipinski definition) is 4. The Labute approximate surface area is 145 Å². The van der Waals surface area contributed by atoms with Crippen molar-refractivity contribution in [2.75, 3.05) is 13.1 Å². The highest BCUT2D eigenvalue weighted by Gasteiger charge is 2.47. The van der Waals surface area contributed by atoms with Crippen molar-refractivity contribution < 1.29 is 14.7 Å². The van der Waals surface area contributed by atoms with E-state index in [1.54, 1.807) is 15.8 Å². The zero-order chi connectivity index (χ0) is 17.6. The topological polar surface area (TPSA) is 88.3 Å². The Morgan fingerprint density at radius 2 is 2.04 bits per heavy atom. The molecule has 1 aromatic carbocycles. The molecule has 2 aromatic rings. The van der Waals surface area contributed by atoms with E-state index in [2.05, 4.69) is 10.3 Å². The van der Waals surface area contributed by atoms with Gasteiger partial charge < -0.3 is 10.0 Å². The van der Waals surface area contributed by atoms with E-state index in [0.717, 1.165) is 24.1 Å². The van der Waals surface area contributed by atoms with Gasteiger partial charge in [0.1, 0.15) is 0 Å². The van der Waals surface area contributed by atoms with Crippen molar-refractivity contribution in [3.63, 3.8) is 0 Å². The van der Waals surface area contributed by atoms with Gasteiger partial charge in [0.05, 0.1) is 17.8 Å². The molecule has 1 aliphatic heterocycles. The van der Waals surface area contributed by atoms with Crippen LogP contribution in [0.5, 0.6) is 0 Å². The highest BCUT2D eigenvalue weighted by atomic mass is 16.4. The maximum Gasteiger partial charge on any atom is 0.308 e. The Hall–Kier alpha value is -2.70. The van der Waals surface area contributed by atoms with Gasteiger partial charge in [-0.3, -0.25) is 9.59 Å². The first-order valence-electron chi connectivity index (χ1n) is 8.54. The first-order chi connectivity index (χ1) is 12.0. The number of carbonyl (C=O) groups excluding carboxylic acids is 1. The van der Waals surface area contributed by atoms with Crippen LogP contribution in [0.15, 0.2) is 30.5 Å². The fourth-order valence-corrected chi connectivity index (χ4v) is 3.68. The van der Waals surface area contributed by atoms with Crippen LogP contribution in [0.2, 0.25) is 0 Å². The van der Waals surface area contributed by atoms with Crippen LogP contribution < -0.4 is 0 Å². The number of hydrogen-bond donors (Lipinski definition) is 1. The van der Waals surface area contributed by atoms with Crippen molar-refractivity contribution >= 4 is 11.9 Å². The third-order valence-electron chi connectivity index (χ3n) is 5.18. The van der Waals surface area contributed by atoms with E-state index in [4.69, 9.17) is 0 Å². The van der Waals surface area contributed by atoms with Gasteiger partial charge in [0, 0.05) is 13.1 Å². The molecule has 4 rings (SSSR count). The molecule has 7 heteroatoms. The molecule has 2 aliphatic rings. The third kappa shape index (κ3) is 3.01. The van der Waals surface area contributed by atoms with Gasteiger partial charge in [-0.2, -0.15) is 0 Å². The zero-order valence-electron chi connectivity index (χ0n) is 14.0. The van der Waals surface area contributed by atoms with Crippen LogP contribution in [0.25, 0.3) is 5.69 Å². The first kappa shape index (κ1) is 15.8. The molecular weight excluding hydrogens is 320 g/mol. The minimum absolute atomic E-state index is 0.0632. The Morgan fingerprint density at radius 1 is 1.24 bits per heavy atom. The number of benzene rings is 1. The maximum atomic E-state index is 12.7.